The van der Waals surface area contributed by atoms with Crippen molar-refractivity contribution in [1.29, 1.82) is 0 Å². The number of rotatable bonds is 5. The standard InChI is InChI=1S/C24H25N6O5PS/c1-24(36)11-17-18(12-30(24)37(2,32)33)25-13-26-22(17)34-16-5-6-19-15(9-16)7-8-29(19)23(31)27-21-10-20(35-28-21)14-3-4-14/h5-10,13-14H,3-4,11-12,36H2,1-2H3,(H,27,28,31)/t24-/m1/s1. The molecule has 13 heteroatoms. The second-order valence-corrected chi connectivity index (χ2v) is 12.9. The molecule has 1 unspecified atom stereocenters. The van der Waals surface area contributed by atoms with E-state index in [9.17, 15) is 13.2 Å². The molecule has 1 fully saturated rings. The molecule has 1 amide bonds. The van der Waals surface area contributed by atoms with Gasteiger partial charge in [0.25, 0.3) is 0 Å². The van der Waals surface area contributed by atoms with Crippen LogP contribution in [0.5, 0.6) is 11.6 Å². The molecule has 2 atom stereocenters. The van der Waals surface area contributed by atoms with Crippen molar-refractivity contribution in [3.05, 3.63) is 59.9 Å². The average Bonchev–Trinajstić information content (AvgIpc) is 3.43. The van der Waals surface area contributed by atoms with Crippen LogP contribution in [-0.4, -0.2) is 50.0 Å². The van der Waals surface area contributed by atoms with E-state index in [1.165, 1.54) is 21.5 Å². The van der Waals surface area contributed by atoms with E-state index in [1.807, 2.05) is 19.1 Å². The highest BCUT2D eigenvalue weighted by molar-refractivity contribution is 7.88. The van der Waals surface area contributed by atoms with E-state index in [2.05, 4.69) is 29.7 Å². The minimum Gasteiger partial charge on any atom is -0.439 e. The van der Waals surface area contributed by atoms with Gasteiger partial charge < -0.3 is 9.26 Å². The van der Waals surface area contributed by atoms with Crippen LogP contribution >= 0.6 is 9.24 Å². The minimum atomic E-state index is -3.43. The number of anilines is 1. The summed E-state index contributed by atoms with van der Waals surface area (Å²) in [5.74, 6) is 2.51. The first-order valence-electron chi connectivity index (χ1n) is 11.7. The van der Waals surface area contributed by atoms with E-state index in [4.69, 9.17) is 9.26 Å². The van der Waals surface area contributed by atoms with Crippen molar-refractivity contribution in [3.8, 4) is 11.6 Å². The molecule has 1 aromatic carbocycles. The average molecular weight is 541 g/mol. The highest BCUT2D eigenvalue weighted by Gasteiger charge is 2.40. The minimum absolute atomic E-state index is 0.137. The van der Waals surface area contributed by atoms with Gasteiger partial charge in [0.1, 0.15) is 17.8 Å². The fourth-order valence-electron chi connectivity index (χ4n) is 4.64. The molecule has 11 nitrogen and oxygen atoms in total. The normalized spacial score (nSPS) is 20.1. The number of fused-ring (bicyclic) bond motifs is 2. The third-order valence-electron chi connectivity index (χ3n) is 6.63. The van der Waals surface area contributed by atoms with Gasteiger partial charge in [0.2, 0.25) is 15.9 Å². The molecule has 6 rings (SSSR count). The number of hydrogen-bond acceptors (Lipinski definition) is 8. The van der Waals surface area contributed by atoms with Gasteiger partial charge >= 0.3 is 6.03 Å². The van der Waals surface area contributed by atoms with Gasteiger partial charge in [-0.3, -0.25) is 9.88 Å². The zero-order chi connectivity index (χ0) is 25.9. The molecule has 3 aromatic heterocycles. The van der Waals surface area contributed by atoms with Gasteiger partial charge in [-0.2, -0.15) is 4.31 Å². The van der Waals surface area contributed by atoms with Crippen molar-refractivity contribution in [2.75, 3.05) is 11.6 Å². The van der Waals surface area contributed by atoms with Gasteiger partial charge in [-0.15, -0.1) is 9.24 Å². The highest BCUT2D eigenvalue weighted by Crippen LogP contribution is 2.41. The van der Waals surface area contributed by atoms with Crippen molar-refractivity contribution in [2.45, 2.75) is 43.9 Å². The Labute approximate surface area is 215 Å². The first-order valence-corrected chi connectivity index (χ1v) is 14.2. The van der Waals surface area contributed by atoms with Gasteiger partial charge in [0.05, 0.1) is 29.3 Å². The molecule has 0 radical (unpaired) electrons. The summed E-state index contributed by atoms with van der Waals surface area (Å²) < 4.78 is 38.9. The SMILES string of the molecule is C[C@@]1(P)Cc2c(ncnc2Oc2ccc3c(ccn3C(=O)Nc3cc(C4CC4)on3)c2)CN1S(C)(=O)=O. The van der Waals surface area contributed by atoms with Crippen LogP contribution < -0.4 is 10.1 Å². The summed E-state index contributed by atoms with van der Waals surface area (Å²) in [5, 5.41) is 6.78. The van der Waals surface area contributed by atoms with Crippen LogP contribution in [-0.2, 0) is 23.0 Å². The quantitative estimate of drug-likeness (QED) is 0.375. The third-order valence-corrected chi connectivity index (χ3v) is 8.68. The van der Waals surface area contributed by atoms with Gasteiger partial charge in [0.15, 0.2) is 5.82 Å². The van der Waals surface area contributed by atoms with Crippen LogP contribution in [0.2, 0.25) is 0 Å². The summed E-state index contributed by atoms with van der Waals surface area (Å²) >= 11 is 0. The summed E-state index contributed by atoms with van der Waals surface area (Å²) in [6.07, 6.45) is 6.79. The summed E-state index contributed by atoms with van der Waals surface area (Å²) in [4.78, 5) is 21.5. The zero-order valence-electron chi connectivity index (χ0n) is 20.2. The summed E-state index contributed by atoms with van der Waals surface area (Å²) in [6, 6.07) is 8.61. The highest BCUT2D eigenvalue weighted by atomic mass is 32.2. The Hall–Kier alpha value is -3.34. The van der Waals surface area contributed by atoms with Crippen LogP contribution in [0.25, 0.3) is 10.9 Å². The molecule has 1 saturated carbocycles. The number of hydrogen-bond donors (Lipinski definition) is 1. The molecule has 2 aliphatic rings. The topological polar surface area (TPSA) is 132 Å². The van der Waals surface area contributed by atoms with Gasteiger partial charge in [0, 0.05) is 35.6 Å². The maximum atomic E-state index is 12.9. The van der Waals surface area contributed by atoms with Crippen LogP contribution in [0.4, 0.5) is 10.6 Å². The Morgan fingerprint density at radius 2 is 2.05 bits per heavy atom. The molecule has 0 saturated heterocycles. The maximum absolute atomic E-state index is 12.9. The van der Waals surface area contributed by atoms with E-state index in [0.29, 0.717) is 41.0 Å². The lowest BCUT2D eigenvalue weighted by Crippen LogP contribution is -2.49. The predicted molar refractivity (Wildman–Crippen MR) is 139 cm³/mol. The molecular formula is C24H25N6O5PS. The molecule has 0 spiro atoms. The number of aromatic nitrogens is 4. The van der Waals surface area contributed by atoms with Crippen LogP contribution in [0, 0.1) is 0 Å². The molecule has 0 bridgehead atoms. The molecule has 1 aliphatic heterocycles. The third kappa shape index (κ3) is 4.60. The van der Waals surface area contributed by atoms with Gasteiger partial charge in [-0.25, -0.2) is 23.2 Å². The van der Waals surface area contributed by atoms with Crippen molar-refractivity contribution in [1.82, 2.24) is 24.0 Å². The fraction of sp³-hybridized carbons (Fsp3) is 0.333. The number of ether oxygens (including phenoxy) is 1. The van der Waals surface area contributed by atoms with E-state index in [0.717, 1.165) is 29.6 Å². The lowest BCUT2D eigenvalue weighted by molar-refractivity contribution is 0.254. The number of amides is 1. The molecule has 4 heterocycles. The van der Waals surface area contributed by atoms with E-state index in [-0.39, 0.29) is 12.6 Å². The smallest absolute Gasteiger partial charge is 0.331 e. The van der Waals surface area contributed by atoms with Gasteiger partial charge in [-0.1, -0.05) is 5.16 Å². The van der Waals surface area contributed by atoms with E-state index in [1.54, 1.807) is 24.4 Å². The van der Waals surface area contributed by atoms with Crippen molar-refractivity contribution < 1.29 is 22.5 Å². The number of carbonyl (C=O) groups excluding carboxylic acids is 1. The lowest BCUT2D eigenvalue weighted by Gasteiger charge is -2.40. The van der Waals surface area contributed by atoms with E-state index >= 15 is 0 Å². The van der Waals surface area contributed by atoms with Crippen molar-refractivity contribution in [2.24, 2.45) is 0 Å². The second-order valence-electron chi connectivity index (χ2n) is 9.74. The van der Waals surface area contributed by atoms with Crippen molar-refractivity contribution >= 4 is 42.0 Å². The first kappa shape index (κ1) is 24.0. The molecule has 192 valence electrons. The molecule has 4 aromatic rings. The number of sulfonamides is 1. The number of nitrogens with one attached hydrogen (secondary N) is 1. The molecule has 37 heavy (non-hydrogen) atoms. The van der Waals surface area contributed by atoms with Crippen LogP contribution in [0.3, 0.4) is 0 Å². The Bertz CT molecular complexity index is 1640. The number of carbonyl (C=O) groups is 1. The van der Waals surface area contributed by atoms with Crippen LogP contribution in [0.15, 0.2) is 47.4 Å². The Balaban J connectivity index is 1.23. The lowest BCUT2D eigenvalue weighted by atomic mass is 10.0. The second kappa shape index (κ2) is 8.61. The molecule has 1 N–H and O–H groups in total. The van der Waals surface area contributed by atoms with Gasteiger partial charge in [-0.05, 0) is 44.0 Å². The molecule has 1 aliphatic carbocycles. The largest absolute Gasteiger partial charge is 0.439 e. The van der Waals surface area contributed by atoms with Crippen LogP contribution in [0.1, 0.15) is 42.7 Å². The summed E-state index contributed by atoms with van der Waals surface area (Å²) in [6.45, 7) is 1.97. The summed E-state index contributed by atoms with van der Waals surface area (Å²) in [7, 11) is -0.810. The Morgan fingerprint density at radius 1 is 1.24 bits per heavy atom. The maximum Gasteiger partial charge on any atom is 0.331 e. The Morgan fingerprint density at radius 3 is 2.81 bits per heavy atom. The van der Waals surface area contributed by atoms with E-state index < -0.39 is 15.3 Å². The first-order chi connectivity index (χ1) is 17.6. The Kier molecular flexibility index (Phi) is 5.59. The molecular weight excluding hydrogens is 515 g/mol. The summed E-state index contributed by atoms with van der Waals surface area (Å²) in [5.41, 5.74) is 2.06. The predicted octanol–water partition coefficient (Wildman–Crippen LogP) is 4.08. The number of nitrogens with zero attached hydrogens (tertiary/aromatic N) is 5. The monoisotopic (exact) mass is 540 g/mol. The fourth-order valence-corrected chi connectivity index (χ4v) is 6.69. The zero-order valence-corrected chi connectivity index (χ0v) is 22.2. The number of benzene rings is 1. The van der Waals surface area contributed by atoms with Crippen molar-refractivity contribution in [3.63, 3.8) is 0 Å².